The Bertz CT molecular complexity index is 897. The third kappa shape index (κ3) is 3.82. The lowest BCUT2D eigenvalue weighted by Crippen LogP contribution is -2.17. The molecule has 3 aromatic rings. The standard InChI is InChI=1S/C19H21N3O2.ClH/c1-5-24-18(23)16-12-17(19(2,3)4)22(21-16)14-8-9-15-13(11-14)7-6-10-20-15;/h6-12H,5H2,1-4H3;1H. The second-order valence-corrected chi connectivity index (χ2v) is 6.68. The molecule has 0 bridgehead atoms. The van der Waals surface area contributed by atoms with E-state index in [-0.39, 0.29) is 17.8 Å². The minimum atomic E-state index is -0.399. The highest BCUT2D eigenvalue weighted by atomic mass is 35.5. The Kier molecular flexibility index (Phi) is 5.48. The van der Waals surface area contributed by atoms with Crippen LogP contribution in [0.5, 0.6) is 0 Å². The van der Waals surface area contributed by atoms with Crippen molar-refractivity contribution >= 4 is 29.3 Å². The van der Waals surface area contributed by atoms with Gasteiger partial charge in [0.15, 0.2) is 5.69 Å². The molecule has 0 fully saturated rings. The predicted octanol–water partition coefficient (Wildman–Crippen LogP) is 4.32. The summed E-state index contributed by atoms with van der Waals surface area (Å²) in [7, 11) is 0. The maximum absolute atomic E-state index is 12.1. The number of ether oxygens (including phenoxy) is 1. The van der Waals surface area contributed by atoms with Crippen molar-refractivity contribution in [3.05, 3.63) is 54.0 Å². The second kappa shape index (κ2) is 7.23. The maximum atomic E-state index is 12.1. The van der Waals surface area contributed by atoms with E-state index in [0.717, 1.165) is 22.3 Å². The van der Waals surface area contributed by atoms with E-state index in [0.29, 0.717) is 12.3 Å². The first-order valence-corrected chi connectivity index (χ1v) is 8.03. The van der Waals surface area contributed by atoms with Crippen LogP contribution in [0.3, 0.4) is 0 Å². The largest absolute Gasteiger partial charge is 0.461 e. The maximum Gasteiger partial charge on any atom is 0.358 e. The number of carbonyl (C=O) groups is 1. The fourth-order valence-corrected chi connectivity index (χ4v) is 2.61. The van der Waals surface area contributed by atoms with E-state index in [4.69, 9.17) is 4.74 Å². The van der Waals surface area contributed by atoms with E-state index in [2.05, 4.69) is 30.9 Å². The first-order valence-electron chi connectivity index (χ1n) is 8.03. The van der Waals surface area contributed by atoms with Crippen molar-refractivity contribution in [3.8, 4) is 5.69 Å². The van der Waals surface area contributed by atoms with Crippen LogP contribution in [0, 0.1) is 0 Å². The van der Waals surface area contributed by atoms with E-state index in [1.807, 2.05) is 41.1 Å². The van der Waals surface area contributed by atoms with Gasteiger partial charge in [-0.25, -0.2) is 9.48 Å². The second-order valence-electron chi connectivity index (χ2n) is 6.68. The Morgan fingerprint density at radius 2 is 1.96 bits per heavy atom. The fourth-order valence-electron chi connectivity index (χ4n) is 2.61. The summed E-state index contributed by atoms with van der Waals surface area (Å²) in [6, 6.07) is 11.7. The summed E-state index contributed by atoms with van der Waals surface area (Å²) in [6.07, 6.45) is 1.77. The monoisotopic (exact) mass is 359 g/mol. The molecule has 2 heterocycles. The number of benzene rings is 1. The zero-order valence-corrected chi connectivity index (χ0v) is 15.6. The normalized spacial score (nSPS) is 11.2. The molecule has 0 aliphatic heterocycles. The molecule has 5 nitrogen and oxygen atoms in total. The molecular weight excluding hydrogens is 338 g/mol. The van der Waals surface area contributed by atoms with Gasteiger partial charge in [0.1, 0.15) is 0 Å². The Morgan fingerprint density at radius 1 is 1.20 bits per heavy atom. The molecule has 0 radical (unpaired) electrons. The van der Waals surface area contributed by atoms with Crippen molar-refractivity contribution in [2.75, 3.05) is 6.61 Å². The summed E-state index contributed by atoms with van der Waals surface area (Å²) in [5.74, 6) is -0.399. The summed E-state index contributed by atoms with van der Waals surface area (Å²) in [6.45, 7) is 8.40. The summed E-state index contributed by atoms with van der Waals surface area (Å²) < 4.78 is 6.91. The number of nitrogens with zero attached hydrogens (tertiary/aromatic N) is 3. The minimum Gasteiger partial charge on any atom is -0.461 e. The van der Waals surface area contributed by atoms with Gasteiger partial charge in [-0.1, -0.05) is 26.8 Å². The number of fused-ring (bicyclic) bond motifs is 1. The topological polar surface area (TPSA) is 57.0 Å². The van der Waals surface area contributed by atoms with Crippen molar-refractivity contribution in [3.63, 3.8) is 0 Å². The van der Waals surface area contributed by atoms with Crippen molar-refractivity contribution in [1.29, 1.82) is 0 Å². The number of rotatable bonds is 3. The third-order valence-corrected chi connectivity index (χ3v) is 3.79. The Balaban J connectivity index is 0.00000225. The number of hydrogen-bond donors (Lipinski definition) is 0. The van der Waals surface area contributed by atoms with E-state index in [1.54, 1.807) is 13.1 Å². The molecule has 6 heteroatoms. The van der Waals surface area contributed by atoms with Gasteiger partial charge in [-0.2, -0.15) is 5.10 Å². The average molecular weight is 360 g/mol. The van der Waals surface area contributed by atoms with Gasteiger partial charge in [-0.15, -0.1) is 12.4 Å². The van der Waals surface area contributed by atoms with E-state index in [9.17, 15) is 4.79 Å². The Hall–Kier alpha value is -2.40. The number of aromatic nitrogens is 3. The Morgan fingerprint density at radius 3 is 2.64 bits per heavy atom. The highest BCUT2D eigenvalue weighted by molar-refractivity contribution is 5.87. The summed E-state index contributed by atoms with van der Waals surface area (Å²) in [5.41, 5.74) is 2.94. The van der Waals surface area contributed by atoms with Crippen LogP contribution in [0.1, 0.15) is 43.9 Å². The molecule has 1 aromatic carbocycles. The Labute approximate surface area is 153 Å². The van der Waals surface area contributed by atoms with Crippen LogP contribution >= 0.6 is 12.4 Å². The van der Waals surface area contributed by atoms with Crippen LogP contribution < -0.4 is 0 Å². The highest BCUT2D eigenvalue weighted by Gasteiger charge is 2.24. The molecule has 0 N–H and O–H groups in total. The minimum absolute atomic E-state index is 0. The number of halogens is 1. The smallest absolute Gasteiger partial charge is 0.358 e. The van der Waals surface area contributed by atoms with Gasteiger partial charge < -0.3 is 4.74 Å². The van der Waals surface area contributed by atoms with Gasteiger partial charge in [0.05, 0.1) is 23.5 Å². The summed E-state index contributed by atoms with van der Waals surface area (Å²) in [5, 5.41) is 5.52. The molecule has 132 valence electrons. The van der Waals surface area contributed by atoms with Crippen LogP contribution in [-0.4, -0.2) is 27.3 Å². The molecule has 0 spiro atoms. The van der Waals surface area contributed by atoms with Gasteiger partial charge in [0, 0.05) is 17.0 Å². The van der Waals surface area contributed by atoms with Gasteiger partial charge in [0.2, 0.25) is 0 Å². The molecule has 0 amide bonds. The van der Waals surface area contributed by atoms with E-state index >= 15 is 0 Å². The molecule has 0 aliphatic carbocycles. The molecule has 2 aromatic heterocycles. The first-order chi connectivity index (χ1) is 11.4. The molecule has 0 unspecified atom stereocenters. The molecule has 0 atom stereocenters. The van der Waals surface area contributed by atoms with Crippen LogP contribution in [0.4, 0.5) is 0 Å². The number of carbonyl (C=O) groups excluding carboxylic acids is 1. The van der Waals surface area contributed by atoms with Crippen LogP contribution in [0.25, 0.3) is 16.6 Å². The van der Waals surface area contributed by atoms with Gasteiger partial charge in [-0.05, 0) is 37.3 Å². The van der Waals surface area contributed by atoms with Crippen molar-refractivity contribution in [2.45, 2.75) is 33.1 Å². The molecular formula is C19H22ClN3O2. The average Bonchev–Trinajstić information content (AvgIpc) is 3.00. The van der Waals surface area contributed by atoms with Crippen LogP contribution in [0.2, 0.25) is 0 Å². The lowest BCUT2D eigenvalue weighted by Gasteiger charge is -2.20. The van der Waals surface area contributed by atoms with E-state index in [1.165, 1.54) is 0 Å². The molecule has 0 aliphatic rings. The number of hydrogen-bond acceptors (Lipinski definition) is 4. The number of esters is 1. The lowest BCUT2D eigenvalue weighted by atomic mass is 9.91. The van der Waals surface area contributed by atoms with Crippen molar-refractivity contribution in [2.24, 2.45) is 0 Å². The molecule has 0 saturated carbocycles. The summed E-state index contributed by atoms with van der Waals surface area (Å²) >= 11 is 0. The van der Waals surface area contributed by atoms with Crippen LogP contribution in [-0.2, 0) is 10.2 Å². The third-order valence-electron chi connectivity index (χ3n) is 3.79. The molecule has 0 saturated heterocycles. The van der Waals surface area contributed by atoms with Crippen molar-refractivity contribution in [1.82, 2.24) is 14.8 Å². The SMILES string of the molecule is CCOC(=O)c1cc(C(C)(C)C)n(-c2ccc3ncccc3c2)n1.Cl. The van der Waals surface area contributed by atoms with E-state index < -0.39 is 5.97 Å². The molecule has 25 heavy (non-hydrogen) atoms. The highest BCUT2D eigenvalue weighted by Crippen LogP contribution is 2.27. The van der Waals surface area contributed by atoms with Gasteiger partial charge >= 0.3 is 5.97 Å². The van der Waals surface area contributed by atoms with Crippen molar-refractivity contribution < 1.29 is 9.53 Å². The van der Waals surface area contributed by atoms with Gasteiger partial charge in [0.25, 0.3) is 0 Å². The quantitative estimate of drug-likeness (QED) is 0.653. The fraction of sp³-hybridized carbons (Fsp3) is 0.316. The summed E-state index contributed by atoms with van der Waals surface area (Å²) in [4.78, 5) is 16.4. The number of pyridine rings is 1. The first kappa shape index (κ1) is 18.9. The van der Waals surface area contributed by atoms with Gasteiger partial charge in [-0.3, -0.25) is 4.98 Å². The molecule has 3 rings (SSSR count). The zero-order valence-electron chi connectivity index (χ0n) is 14.8. The zero-order chi connectivity index (χ0) is 17.3. The predicted molar refractivity (Wildman–Crippen MR) is 101 cm³/mol. The van der Waals surface area contributed by atoms with Crippen LogP contribution in [0.15, 0.2) is 42.6 Å². The lowest BCUT2D eigenvalue weighted by molar-refractivity contribution is 0.0519.